The number of likely N-dealkylation sites (N-methyl/N-ethyl adjacent to an activating group) is 1. The molecule has 0 aliphatic heterocycles. The largest absolute Gasteiger partial charge is 0.492 e. The summed E-state index contributed by atoms with van der Waals surface area (Å²) in [5.74, 6) is 0.546. The number of hydrogen-bond acceptors (Lipinski definition) is 5. The number of methoxy groups -OCH3 is 1. The maximum atomic E-state index is 11.1. The molecule has 0 saturated carbocycles. The van der Waals surface area contributed by atoms with Crippen LogP contribution in [0.4, 0.5) is 0 Å². The summed E-state index contributed by atoms with van der Waals surface area (Å²) in [6.07, 6.45) is 0.390. The number of carbonyl (C=O) groups is 1. The van der Waals surface area contributed by atoms with Gasteiger partial charge in [-0.15, -0.1) is 0 Å². The molecule has 0 radical (unpaired) electrons. The Morgan fingerprint density at radius 3 is 2.55 bits per heavy atom. The molecule has 1 rings (SSSR count). The van der Waals surface area contributed by atoms with Crippen molar-refractivity contribution in [1.82, 2.24) is 4.90 Å². The van der Waals surface area contributed by atoms with Crippen molar-refractivity contribution < 1.29 is 14.3 Å². The lowest BCUT2D eigenvalue weighted by Crippen LogP contribution is -2.30. The first-order valence-electron chi connectivity index (χ1n) is 6.61. The van der Waals surface area contributed by atoms with E-state index in [0.29, 0.717) is 25.1 Å². The van der Waals surface area contributed by atoms with E-state index >= 15 is 0 Å². The fraction of sp³-hybridized carbons (Fsp3) is 0.467. The number of nitriles is 1. The van der Waals surface area contributed by atoms with E-state index in [1.165, 1.54) is 7.11 Å². The van der Waals surface area contributed by atoms with Crippen LogP contribution >= 0.6 is 0 Å². The minimum absolute atomic E-state index is 0.198. The molecule has 1 aromatic rings. The van der Waals surface area contributed by atoms with Crippen molar-refractivity contribution in [1.29, 1.82) is 5.26 Å². The van der Waals surface area contributed by atoms with Gasteiger partial charge in [0.15, 0.2) is 0 Å². The van der Waals surface area contributed by atoms with E-state index in [-0.39, 0.29) is 5.97 Å². The summed E-state index contributed by atoms with van der Waals surface area (Å²) in [5, 5.41) is 8.70. The molecule has 0 bridgehead atoms. The summed E-state index contributed by atoms with van der Waals surface area (Å²) in [6.45, 7) is 4.85. The van der Waals surface area contributed by atoms with Gasteiger partial charge in [0, 0.05) is 13.1 Å². The third kappa shape index (κ3) is 5.72. The molecule has 0 atom stereocenters. The van der Waals surface area contributed by atoms with Crippen molar-refractivity contribution in [2.75, 3.05) is 33.4 Å². The van der Waals surface area contributed by atoms with Gasteiger partial charge < -0.3 is 9.47 Å². The first kappa shape index (κ1) is 16.0. The molecule has 0 spiro atoms. The number of ether oxygens (including phenoxy) is 2. The minimum Gasteiger partial charge on any atom is -0.492 e. The van der Waals surface area contributed by atoms with Crippen molar-refractivity contribution >= 4 is 5.97 Å². The normalized spacial score (nSPS) is 10.1. The smallest absolute Gasteiger partial charge is 0.306 e. The van der Waals surface area contributed by atoms with Crippen LogP contribution in [0.5, 0.6) is 5.75 Å². The van der Waals surface area contributed by atoms with E-state index in [2.05, 4.69) is 15.7 Å². The molecule has 5 nitrogen and oxygen atoms in total. The van der Waals surface area contributed by atoms with Gasteiger partial charge in [0.2, 0.25) is 0 Å². The van der Waals surface area contributed by atoms with E-state index < -0.39 is 0 Å². The van der Waals surface area contributed by atoms with Crippen LogP contribution in [-0.4, -0.2) is 44.2 Å². The van der Waals surface area contributed by atoms with Crippen molar-refractivity contribution in [3.63, 3.8) is 0 Å². The lowest BCUT2D eigenvalue weighted by molar-refractivity contribution is -0.141. The van der Waals surface area contributed by atoms with Crippen LogP contribution in [0.3, 0.4) is 0 Å². The van der Waals surface area contributed by atoms with Gasteiger partial charge >= 0.3 is 5.97 Å². The first-order valence-corrected chi connectivity index (χ1v) is 6.61. The summed E-state index contributed by atoms with van der Waals surface area (Å²) >= 11 is 0. The van der Waals surface area contributed by atoms with E-state index in [0.717, 1.165) is 18.8 Å². The Hall–Kier alpha value is -2.06. The third-order valence-corrected chi connectivity index (χ3v) is 2.97. The zero-order valence-corrected chi connectivity index (χ0v) is 12.0. The van der Waals surface area contributed by atoms with Gasteiger partial charge in [0.25, 0.3) is 0 Å². The molecule has 5 heteroatoms. The molecular weight excluding hydrogens is 256 g/mol. The van der Waals surface area contributed by atoms with E-state index in [1.54, 1.807) is 24.3 Å². The molecule has 0 aromatic heterocycles. The maximum absolute atomic E-state index is 11.1. The number of nitrogens with zero attached hydrogens (tertiary/aromatic N) is 2. The summed E-state index contributed by atoms with van der Waals surface area (Å²) in [7, 11) is 1.40. The zero-order valence-electron chi connectivity index (χ0n) is 12.0. The van der Waals surface area contributed by atoms with Gasteiger partial charge in [-0.1, -0.05) is 6.92 Å². The Bertz CT molecular complexity index is 451. The van der Waals surface area contributed by atoms with Crippen LogP contribution < -0.4 is 4.74 Å². The highest BCUT2D eigenvalue weighted by Crippen LogP contribution is 2.11. The maximum Gasteiger partial charge on any atom is 0.306 e. The molecule has 0 saturated heterocycles. The van der Waals surface area contributed by atoms with Crippen LogP contribution in [0.25, 0.3) is 0 Å². The molecule has 0 aliphatic rings. The Morgan fingerprint density at radius 2 is 2.00 bits per heavy atom. The molecule has 20 heavy (non-hydrogen) atoms. The quantitative estimate of drug-likeness (QED) is 0.678. The van der Waals surface area contributed by atoms with Crippen molar-refractivity contribution in [2.45, 2.75) is 13.3 Å². The summed E-state index contributed by atoms with van der Waals surface area (Å²) in [5.41, 5.74) is 0.616. The van der Waals surface area contributed by atoms with E-state index in [4.69, 9.17) is 10.00 Å². The predicted molar refractivity (Wildman–Crippen MR) is 75.4 cm³/mol. The van der Waals surface area contributed by atoms with Crippen molar-refractivity contribution in [3.8, 4) is 11.8 Å². The minimum atomic E-state index is -0.198. The monoisotopic (exact) mass is 276 g/mol. The van der Waals surface area contributed by atoms with Gasteiger partial charge in [-0.05, 0) is 30.8 Å². The fourth-order valence-electron chi connectivity index (χ4n) is 1.70. The molecule has 0 heterocycles. The average molecular weight is 276 g/mol. The second kappa shape index (κ2) is 8.94. The average Bonchev–Trinajstić information content (AvgIpc) is 2.50. The molecule has 1 aromatic carbocycles. The number of esters is 1. The first-order chi connectivity index (χ1) is 9.69. The Labute approximate surface area is 119 Å². The molecular formula is C15H20N2O3. The lowest BCUT2D eigenvalue weighted by atomic mass is 10.2. The van der Waals surface area contributed by atoms with Gasteiger partial charge in [0.1, 0.15) is 12.4 Å². The fourth-order valence-corrected chi connectivity index (χ4v) is 1.70. The van der Waals surface area contributed by atoms with Gasteiger partial charge in [0.05, 0.1) is 25.2 Å². The highest BCUT2D eigenvalue weighted by Gasteiger charge is 2.06. The van der Waals surface area contributed by atoms with Gasteiger partial charge in [-0.3, -0.25) is 9.69 Å². The van der Waals surface area contributed by atoms with Gasteiger partial charge in [-0.25, -0.2) is 0 Å². The van der Waals surface area contributed by atoms with Crippen LogP contribution in [0, 0.1) is 11.3 Å². The van der Waals surface area contributed by atoms with Crippen LogP contribution in [-0.2, 0) is 9.53 Å². The summed E-state index contributed by atoms with van der Waals surface area (Å²) < 4.78 is 10.2. The van der Waals surface area contributed by atoms with Gasteiger partial charge in [-0.2, -0.15) is 5.26 Å². The zero-order chi connectivity index (χ0) is 14.8. The Morgan fingerprint density at radius 1 is 1.30 bits per heavy atom. The summed E-state index contributed by atoms with van der Waals surface area (Å²) in [6, 6.07) is 9.08. The van der Waals surface area contributed by atoms with Crippen molar-refractivity contribution in [2.24, 2.45) is 0 Å². The molecule has 0 aliphatic carbocycles. The van der Waals surface area contributed by atoms with Crippen LogP contribution in [0.15, 0.2) is 24.3 Å². The number of hydrogen-bond donors (Lipinski definition) is 0. The lowest BCUT2D eigenvalue weighted by Gasteiger charge is -2.19. The second-order valence-electron chi connectivity index (χ2n) is 4.25. The number of rotatable bonds is 8. The molecule has 108 valence electrons. The third-order valence-electron chi connectivity index (χ3n) is 2.97. The topological polar surface area (TPSA) is 62.6 Å². The standard InChI is InChI=1S/C15H20N2O3/c1-3-17(9-8-15(18)19-2)10-11-20-14-6-4-13(12-16)5-7-14/h4-7H,3,8-11H2,1-2H3. The highest BCUT2D eigenvalue weighted by atomic mass is 16.5. The molecule has 0 fully saturated rings. The second-order valence-corrected chi connectivity index (χ2v) is 4.25. The SMILES string of the molecule is CCN(CCOc1ccc(C#N)cc1)CCC(=O)OC. The predicted octanol–water partition coefficient (Wildman–Crippen LogP) is 1.82. The van der Waals surface area contributed by atoms with Crippen LogP contribution in [0.2, 0.25) is 0 Å². The molecule has 0 N–H and O–H groups in total. The van der Waals surface area contributed by atoms with E-state index in [1.807, 2.05) is 6.92 Å². The summed E-state index contributed by atoms with van der Waals surface area (Å²) in [4.78, 5) is 13.2. The van der Waals surface area contributed by atoms with Crippen LogP contribution in [0.1, 0.15) is 18.9 Å². The Balaban J connectivity index is 2.30. The van der Waals surface area contributed by atoms with E-state index in [9.17, 15) is 4.79 Å². The number of carbonyl (C=O) groups excluding carboxylic acids is 1. The number of benzene rings is 1. The van der Waals surface area contributed by atoms with Crippen molar-refractivity contribution in [3.05, 3.63) is 29.8 Å². The molecule has 0 unspecified atom stereocenters. The molecule has 0 amide bonds. The highest BCUT2D eigenvalue weighted by molar-refractivity contribution is 5.69. The Kier molecular flexibility index (Phi) is 7.15.